The number of phenols is 1. The molecular formula is C30H38N6O7. The predicted octanol–water partition coefficient (Wildman–Crippen LogP) is 0.447. The number of primary amides is 1. The third kappa shape index (κ3) is 9.30. The van der Waals surface area contributed by atoms with Crippen molar-refractivity contribution in [3.63, 3.8) is 0 Å². The number of aliphatic carboxylic acids is 1. The number of aromatic hydroxyl groups is 1. The van der Waals surface area contributed by atoms with Crippen LogP contribution < -0.4 is 27.4 Å². The number of hydrogen-bond donors (Lipinski definition) is 8. The van der Waals surface area contributed by atoms with Crippen molar-refractivity contribution in [2.45, 2.75) is 63.7 Å². The molecule has 0 aliphatic heterocycles. The van der Waals surface area contributed by atoms with Gasteiger partial charge in [-0.3, -0.25) is 19.2 Å². The standard InChI is InChI=1S/C30H38N6O7/c1-16(2)26(32)29(41)34-22(11-12-25(31)38)27(39)35-23(13-17-7-9-19(37)10-8-17)28(40)36-24(30(42)43)14-18-15-33-21-6-4-3-5-20(18)21/h3-10,15-16,22-24,26,33,37H,11-14,32H2,1-2H3,(H2,31,38)(H,34,41)(H,35,39)(H,36,40)(H,42,43). The fourth-order valence-corrected chi connectivity index (χ4v) is 4.47. The quantitative estimate of drug-likeness (QED) is 0.123. The van der Waals surface area contributed by atoms with Crippen molar-refractivity contribution in [1.29, 1.82) is 0 Å². The zero-order valence-electron chi connectivity index (χ0n) is 24.0. The molecule has 4 unspecified atom stereocenters. The van der Waals surface area contributed by atoms with Crippen LogP contribution in [0.5, 0.6) is 5.75 Å². The molecule has 0 saturated carbocycles. The number of hydrogen-bond acceptors (Lipinski definition) is 7. The Labute approximate surface area is 248 Å². The molecule has 2 aromatic carbocycles. The molecule has 1 aromatic heterocycles. The molecule has 3 aromatic rings. The first kappa shape index (κ1) is 32.6. The lowest BCUT2D eigenvalue weighted by atomic mass is 10.0. The minimum atomic E-state index is -1.33. The molecule has 0 saturated heterocycles. The maximum atomic E-state index is 13.5. The summed E-state index contributed by atoms with van der Waals surface area (Å²) in [6, 6.07) is 8.46. The number of phenolic OH excluding ortho intramolecular Hbond substituents is 1. The molecule has 230 valence electrons. The van der Waals surface area contributed by atoms with Crippen LogP contribution in [0.2, 0.25) is 0 Å². The summed E-state index contributed by atoms with van der Waals surface area (Å²) in [5.74, 6) is -4.40. The summed E-state index contributed by atoms with van der Waals surface area (Å²) in [5.41, 5.74) is 13.2. The maximum absolute atomic E-state index is 13.5. The zero-order valence-corrected chi connectivity index (χ0v) is 24.0. The van der Waals surface area contributed by atoms with E-state index in [4.69, 9.17) is 11.5 Å². The van der Waals surface area contributed by atoms with Gasteiger partial charge in [-0.05, 0) is 41.7 Å². The van der Waals surface area contributed by atoms with Gasteiger partial charge in [0.05, 0.1) is 6.04 Å². The number of H-pyrrole nitrogens is 1. The smallest absolute Gasteiger partial charge is 0.326 e. The lowest BCUT2D eigenvalue weighted by molar-refractivity contribution is -0.142. The second-order valence-electron chi connectivity index (χ2n) is 10.7. The van der Waals surface area contributed by atoms with E-state index in [2.05, 4.69) is 20.9 Å². The number of carbonyl (C=O) groups is 5. The number of fused-ring (bicyclic) bond motifs is 1. The van der Waals surface area contributed by atoms with E-state index in [1.54, 1.807) is 32.2 Å². The Morgan fingerprint density at radius 2 is 1.44 bits per heavy atom. The first-order valence-corrected chi connectivity index (χ1v) is 13.9. The van der Waals surface area contributed by atoms with Crippen LogP contribution in [0.3, 0.4) is 0 Å². The molecule has 0 radical (unpaired) electrons. The van der Waals surface area contributed by atoms with Gasteiger partial charge in [0.2, 0.25) is 23.6 Å². The Balaban J connectivity index is 1.84. The van der Waals surface area contributed by atoms with Crippen molar-refractivity contribution in [1.82, 2.24) is 20.9 Å². The van der Waals surface area contributed by atoms with Crippen LogP contribution in [0.25, 0.3) is 10.9 Å². The Morgan fingerprint density at radius 3 is 2.07 bits per heavy atom. The van der Waals surface area contributed by atoms with Crippen molar-refractivity contribution in [3.05, 3.63) is 65.9 Å². The molecule has 10 N–H and O–H groups in total. The zero-order chi connectivity index (χ0) is 31.7. The van der Waals surface area contributed by atoms with Crippen LogP contribution >= 0.6 is 0 Å². The largest absolute Gasteiger partial charge is 0.508 e. The van der Waals surface area contributed by atoms with Crippen molar-refractivity contribution in [2.75, 3.05) is 0 Å². The molecule has 13 nitrogen and oxygen atoms in total. The van der Waals surface area contributed by atoms with Gasteiger partial charge in [-0.15, -0.1) is 0 Å². The highest BCUT2D eigenvalue weighted by molar-refractivity contribution is 5.95. The van der Waals surface area contributed by atoms with Gasteiger partial charge < -0.3 is 42.6 Å². The molecule has 1 heterocycles. The molecule has 0 spiro atoms. The molecule has 4 atom stereocenters. The van der Waals surface area contributed by atoms with Gasteiger partial charge in [-0.1, -0.05) is 44.2 Å². The third-order valence-corrected chi connectivity index (χ3v) is 7.06. The summed E-state index contributed by atoms with van der Waals surface area (Å²) in [6.07, 6.45) is 1.20. The summed E-state index contributed by atoms with van der Waals surface area (Å²) in [5, 5.41) is 28.1. The van der Waals surface area contributed by atoms with Crippen molar-refractivity contribution in [3.8, 4) is 5.75 Å². The van der Waals surface area contributed by atoms with Gasteiger partial charge in [0, 0.05) is 36.4 Å². The molecule has 0 fully saturated rings. The fraction of sp³-hybridized carbons (Fsp3) is 0.367. The number of aromatic amines is 1. The Kier molecular flexibility index (Phi) is 11.2. The third-order valence-electron chi connectivity index (χ3n) is 7.06. The lowest BCUT2D eigenvalue weighted by Crippen LogP contribution is -2.58. The summed E-state index contributed by atoms with van der Waals surface area (Å²) in [4.78, 5) is 66.3. The first-order valence-electron chi connectivity index (χ1n) is 13.9. The van der Waals surface area contributed by atoms with Crippen molar-refractivity contribution >= 4 is 40.5 Å². The SMILES string of the molecule is CC(C)C(N)C(=O)NC(CCC(N)=O)C(=O)NC(Cc1ccc(O)cc1)C(=O)NC(Cc1c[nH]c2ccccc12)C(=O)O. The highest BCUT2D eigenvalue weighted by atomic mass is 16.4. The monoisotopic (exact) mass is 594 g/mol. The van der Waals surface area contributed by atoms with Crippen LogP contribution in [0.4, 0.5) is 0 Å². The normalized spacial score (nSPS) is 14.0. The molecule has 4 amide bonds. The molecule has 0 aliphatic carbocycles. The van der Waals surface area contributed by atoms with Gasteiger partial charge in [0.25, 0.3) is 0 Å². The predicted molar refractivity (Wildman–Crippen MR) is 158 cm³/mol. The maximum Gasteiger partial charge on any atom is 0.326 e. The average Bonchev–Trinajstić information content (AvgIpc) is 3.37. The van der Waals surface area contributed by atoms with E-state index in [-0.39, 0.29) is 37.4 Å². The molecule has 13 heteroatoms. The van der Waals surface area contributed by atoms with Crippen molar-refractivity contribution < 1.29 is 34.2 Å². The minimum absolute atomic E-state index is 0.00539. The summed E-state index contributed by atoms with van der Waals surface area (Å²) in [6.45, 7) is 3.46. The highest BCUT2D eigenvalue weighted by Crippen LogP contribution is 2.19. The van der Waals surface area contributed by atoms with Gasteiger partial charge in [0.1, 0.15) is 23.9 Å². The van der Waals surface area contributed by atoms with Gasteiger partial charge in [-0.2, -0.15) is 0 Å². The van der Waals surface area contributed by atoms with Gasteiger partial charge in [0.15, 0.2) is 0 Å². The number of carboxylic acid groups (broad SMARTS) is 1. The second kappa shape index (κ2) is 14.8. The number of benzene rings is 2. The Bertz CT molecular complexity index is 1450. The minimum Gasteiger partial charge on any atom is -0.508 e. The number of carboxylic acids is 1. The van der Waals surface area contributed by atoms with E-state index >= 15 is 0 Å². The van der Waals surface area contributed by atoms with Crippen LogP contribution in [0.15, 0.2) is 54.7 Å². The van der Waals surface area contributed by atoms with E-state index in [1.807, 2.05) is 24.3 Å². The second-order valence-corrected chi connectivity index (χ2v) is 10.7. The molecule has 3 rings (SSSR count). The summed E-state index contributed by atoms with van der Waals surface area (Å²) in [7, 11) is 0. The molecule has 43 heavy (non-hydrogen) atoms. The van der Waals surface area contributed by atoms with E-state index in [1.165, 1.54) is 12.1 Å². The van der Waals surface area contributed by atoms with Gasteiger partial charge >= 0.3 is 5.97 Å². The topological polar surface area (TPSA) is 230 Å². The first-order chi connectivity index (χ1) is 20.3. The van der Waals surface area contributed by atoms with Crippen molar-refractivity contribution in [2.24, 2.45) is 17.4 Å². The molecular weight excluding hydrogens is 556 g/mol. The van der Waals surface area contributed by atoms with E-state index in [0.717, 1.165) is 10.9 Å². The highest BCUT2D eigenvalue weighted by Gasteiger charge is 2.31. The number of nitrogens with one attached hydrogen (secondary N) is 4. The number of para-hydroxylation sites is 1. The molecule has 0 bridgehead atoms. The fourth-order valence-electron chi connectivity index (χ4n) is 4.47. The number of aromatic nitrogens is 1. The van der Waals surface area contributed by atoms with E-state index in [9.17, 15) is 34.2 Å². The lowest BCUT2D eigenvalue weighted by Gasteiger charge is -2.26. The van der Waals surface area contributed by atoms with E-state index < -0.39 is 53.8 Å². The van der Waals surface area contributed by atoms with Crippen LogP contribution in [0, 0.1) is 5.92 Å². The number of amides is 4. The van der Waals surface area contributed by atoms with Crippen LogP contribution in [-0.4, -0.2) is 69.0 Å². The van der Waals surface area contributed by atoms with E-state index in [0.29, 0.717) is 11.1 Å². The number of carbonyl (C=O) groups excluding carboxylic acids is 4. The summed E-state index contributed by atoms with van der Waals surface area (Å²) < 4.78 is 0. The number of nitrogens with two attached hydrogens (primary N) is 2. The molecule has 0 aliphatic rings. The average molecular weight is 595 g/mol. The van der Waals surface area contributed by atoms with Crippen LogP contribution in [0.1, 0.15) is 37.8 Å². The van der Waals surface area contributed by atoms with Gasteiger partial charge in [-0.25, -0.2) is 4.79 Å². The van der Waals surface area contributed by atoms with Crippen LogP contribution in [-0.2, 0) is 36.8 Å². The Hall–Kier alpha value is -4.91. The summed E-state index contributed by atoms with van der Waals surface area (Å²) >= 11 is 0. The number of rotatable bonds is 15. The Morgan fingerprint density at radius 1 is 0.837 bits per heavy atom.